The van der Waals surface area contributed by atoms with Gasteiger partial charge in [0.15, 0.2) is 5.60 Å². The van der Waals surface area contributed by atoms with Crippen LogP contribution in [0.2, 0.25) is 0 Å². The van der Waals surface area contributed by atoms with E-state index in [1.54, 1.807) is 46.8 Å². The maximum Gasteiger partial charge on any atom is 0.264 e. The largest absolute Gasteiger partial charge is 0.395 e. The molecule has 1 aliphatic rings. The number of aliphatic hydroxyl groups excluding tert-OH is 1. The van der Waals surface area contributed by atoms with Crippen molar-refractivity contribution in [2.24, 2.45) is 5.92 Å². The van der Waals surface area contributed by atoms with Crippen molar-refractivity contribution in [3.05, 3.63) is 186 Å². The highest BCUT2D eigenvalue weighted by Crippen LogP contribution is 2.47. The number of anilines is 3. The van der Waals surface area contributed by atoms with Crippen molar-refractivity contribution in [2.75, 3.05) is 22.1 Å². The van der Waals surface area contributed by atoms with E-state index in [0.717, 1.165) is 44.1 Å². The molecule has 0 spiro atoms. The van der Waals surface area contributed by atoms with Crippen LogP contribution in [-0.4, -0.2) is 59.5 Å². The monoisotopic (exact) mass is 852 g/mol. The minimum atomic E-state index is -1.95. The third kappa shape index (κ3) is 8.46. The van der Waals surface area contributed by atoms with E-state index in [-0.39, 0.29) is 43.7 Å². The number of aromatic nitrogens is 5. The molecule has 5 aromatic carbocycles. The number of H-pyrrole nitrogens is 2. The lowest BCUT2D eigenvalue weighted by Gasteiger charge is -2.28. The fourth-order valence-electron chi connectivity index (χ4n) is 8.65. The van der Waals surface area contributed by atoms with E-state index < -0.39 is 17.4 Å². The van der Waals surface area contributed by atoms with Crippen molar-refractivity contribution in [1.82, 2.24) is 25.0 Å². The molecule has 0 radical (unpaired) electrons. The summed E-state index contributed by atoms with van der Waals surface area (Å²) >= 11 is 0. The molecular weight excluding hydrogens is 805 g/mol. The molecule has 6 N–H and O–H groups in total. The van der Waals surface area contributed by atoms with E-state index in [1.807, 2.05) is 122 Å². The molecule has 13 nitrogen and oxygen atoms in total. The Hall–Kier alpha value is -7.61. The molecule has 3 atom stereocenters. The molecule has 0 saturated carbocycles. The Morgan fingerprint density at radius 1 is 0.797 bits per heavy atom. The second-order valence-corrected chi connectivity index (χ2v) is 16.3. The number of amides is 3. The number of allylic oxidation sites excluding steroid dienone is 1. The summed E-state index contributed by atoms with van der Waals surface area (Å²) in [6, 6.07) is 37.8. The van der Waals surface area contributed by atoms with Gasteiger partial charge in [-0.25, -0.2) is 0 Å². The lowest BCUT2D eigenvalue weighted by molar-refractivity contribution is -0.139. The average molecular weight is 853 g/mol. The van der Waals surface area contributed by atoms with Crippen molar-refractivity contribution < 1.29 is 24.6 Å². The van der Waals surface area contributed by atoms with E-state index in [2.05, 4.69) is 30.9 Å². The van der Waals surface area contributed by atoms with Crippen LogP contribution < -0.4 is 15.5 Å². The third-order valence-corrected chi connectivity index (χ3v) is 12.1. The van der Waals surface area contributed by atoms with Crippen molar-refractivity contribution in [3.8, 4) is 0 Å². The number of nitrogens with one attached hydrogen (secondary N) is 4. The molecule has 64 heavy (non-hydrogen) atoms. The molecule has 1 aliphatic heterocycles. The number of nitrogens with zero attached hydrogens (tertiary/aromatic N) is 4. The minimum absolute atomic E-state index is 0.0999. The van der Waals surface area contributed by atoms with Gasteiger partial charge in [-0.15, -0.1) is 5.10 Å². The van der Waals surface area contributed by atoms with Crippen LogP contribution in [0.5, 0.6) is 0 Å². The molecule has 9 rings (SSSR count). The fraction of sp³-hybridized carbons (Fsp3) is 0.196. The number of fused-ring (bicyclic) bond motifs is 3. The maximum absolute atomic E-state index is 14.6. The van der Waals surface area contributed by atoms with Crippen LogP contribution in [0.25, 0.3) is 21.8 Å². The van der Waals surface area contributed by atoms with Crippen molar-refractivity contribution in [3.63, 3.8) is 0 Å². The van der Waals surface area contributed by atoms with Crippen LogP contribution in [0.4, 0.5) is 17.1 Å². The Labute approximate surface area is 369 Å². The fourth-order valence-corrected chi connectivity index (χ4v) is 8.65. The normalized spacial score (nSPS) is 15.8. The van der Waals surface area contributed by atoms with E-state index in [4.69, 9.17) is 0 Å². The zero-order valence-corrected chi connectivity index (χ0v) is 35.2. The van der Waals surface area contributed by atoms with E-state index in [9.17, 15) is 24.6 Å². The lowest BCUT2D eigenvalue weighted by Crippen LogP contribution is -2.44. The van der Waals surface area contributed by atoms with E-state index in [1.165, 1.54) is 0 Å². The van der Waals surface area contributed by atoms with Crippen molar-refractivity contribution >= 4 is 56.6 Å². The number of hydrogen-bond donors (Lipinski definition) is 6. The highest BCUT2D eigenvalue weighted by Gasteiger charge is 2.52. The summed E-state index contributed by atoms with van der Waals surface area (Å²) in [6.07, 6.45) is 10.1. The minimum Gasteiger partial charge on any atom is -0.395 e. The number of aryl methyl sites for hydroxylation is 1. The second kappa shape index (κ2) is 18.0. The first-order valence-electron chi connectivity index (χ1n) is 21.4. The lowest BCUT2D eigenvalue weighted by atomic mass is 9.82. The van der Waals surface area contributed by atoms with Gasteiger partial charge in [-0.05, 0) is 71.1 Å². The molecule has 1 unspecified atom stereocenters. The Morgan fingerprint density at radius 2 is 1.41 bits per heavy atom. The number of carbonyl (C=O) groups is 3. The zero-order valence-electron chi connectivity index (χ0n) is 35.2. The Morgan fingerprint density at radius 3 is 2.06 bits per heavy atom. The summed E-state index contributed by atoms with van der Waals surface area (Å²) in [6.45, 7) is 2.35. The predicted octanol–water partition coefficient (Wildman–Crippen LogP) is 7.74. The molecule has 0 fully saturated rings. The molecule has 8 aromatic rings. The molecule has 0 saturated heterocycles. The van der Waals surface area contributed by atoms with E-state index in [0.29, 0.717) is 41.3 Å². The number of rotatable bonds is 16. The third-order valence-electron chi connectivity index (χ3n) is 12.1. The number of aliphatic hydroxyl groups is 2. The van der Waals surface area contributed by atoms with Gasteiger partial charge in [0.05, 0.1) is 43.3 Å². The number of benzene rings is 5. The summed E-state index contributed by atoms with van der Waals surface area (Å²) in [5.41, 5.74) is 6.13. The number of para-hydroxylation sites is 2. The first-order valence-corrected chi connectivity index (χ1v) is 21.4. The number of carbonyl (C=O) groups excluding carboxylic acids is 3. The second-order valence-electron chi connectivity index (χ2n) is 16.3. The van der Waals surface area contributed by atoms with Gasteiger partial charge in [0.2, 0.25) is 11.8 Å². The van der Waals surface area contributed by atoms with Crippen LogP contribution in [0.1, 0.15) is 52.8 Å². The van der Waals surface area contributed by atoms with Gasteiger partial charge in [0.1, 0.15) is 0 Å². The number of hydrogen-bond acceptors (Lipinski definition) is 7. The molecule has 4 heterocycles. The summed E-state index contributed by atoms with van der Waals surface area (Å²) in [5.74, 6) is -1.84. The van der Waals surface area contributed by atoms with Gasteiger partial charge in [0, 0.05) is 69.8 Å². The van der Waals surface area contributed by atoms with Gasteiger partial charge in [-0.2, -0.15) is 0 Å². The molecule has 0 bridgehead atoms. The smallest absolute Gasteiger partial charge is 0.264 e. The quantitative estimate of drug-likeness (QED) is 0.0538. The molecule has 0 aliphatic carbocycles. The summed E-state index contributed by atoms with van der Waals surface area (Å²) < 4.78 is 1.72. The Kier molecular flexibility index (Phi) is 11.7. The van der Waals surface area contributed by atoms with Crippen LogP contribution in [0.3, 0.4) is 0 Å². The molecule has 3 aromatic heterocycles. The Balaban J connectivity index is 0.913. The SMILES string of the molecule is C[C@H](/C=C/CCn1cc(C(CO)c2ccccc2)nn1)[C@@]1(O)C(=O)N(Cc2ccc(NC(=O)Cc3c[nH]c4ccccc34)cc2)c2ccc(NC(=O)Cc3c[nH]c4ccccc34)cc21. The average Bonchev–Trinajstić information content (AvgIpc) is 4.10. The molecule has 3 amide bonds. The Bertz CT molecular complexity index is 2990. The maximum atomic E-state index is 14.6. The van der Waals surface area contributed by atoms with Gasteiger partial charge < -0.3 is 35.7 Å². The summed E-state index contributed by atoms with van der Waals surface area (Å²) in [5, 5.41) is 39.2. The molecule has 13 heteroatoms. The van der Waals surface area contributed by atoms with Crippen LogP contribution in [0.15, 0.2) is 152 Å². The van der Waals surface area contributed by atoms with E-state index >= 15 is 0 Å². The van der Waals surface area contributed by atoms with Crippen LogP contribution in [0, 0.1) is 5.92 Å². The predicted molar refractivity (Wildman–Crippen MR) is 248 cm³/mol. The topological polar surface area (TPSA) is 181 Å². The summed E-state index contributed by atoms with van der Waals surface area (Å²) in [4.78, 5) is 49.0. The van der Waals surface area contributed by atoms with Crippen LogP contribution >= 0.6 is 0 Å². The zero-order chi connectivity index (χ0) is 44.2. The highest BCUT2D eigenvalue weighted by atomic mass is 16.3. The van der Waals surface area contributed by atoms with Gasteiger partial charge in [-0.1, -0.05) is 103 Å². The van der Waals surface area contributed by atoms with Crippen molar-refractivity contribution in [1.29, 1.82) is 0 Å². The van der Waals surface area contributed by atoms with Gasteiger partial charge in [0.25, 0.3) is 5.91 Å². The van der Waals surface area contributed by atoms with Crippen LogP contribution in [-0.2, 0) is 45.9 Å². The van der Waals surface area contributed by atoms with Gasteiger partial charge in [-0.3, -0.25) is 19.1 Å². The standard InChI is InChI=1S/C51H48N8O5/c1-33(11-9-10-24-58-31-46(56-57-58)42(32-60)35-12-3-2-4-13-35)51(64)43-27-39(55-49(62)26-37-29-53-45-17-8-6-15-41(37)45)22-23-47(43)59(50(51)63)30-34-18-20-38(21-19-34)54-48(61)25-36-28-52-44-16-7-5-14-40(36)44/h2-9,11-23,27-29,31,33,42,52-53,60,64H,10,24-26,30,32H2,1H3,(H,54,61)(H,55,62)/b11-9+/t33-,42?,51+/m1/s1. The molecule has 322 valence electrons. The summed E-state index contributed by atoms with van der Waals surface area (Å²) in [7, 11) is 0. The van der Waals surface area contributed by atoms with Crippen molar-refractivity contribution in [2.45, 2.75) is 50.8 Å². The first kappa shape index (κ1) is 41.7. The highest BCUT2D eigenvalue weighted by molar-refractivity contribution is 6.08. The molecular formula is C51H48N8O5. The van der Waals surface area contributed by atoms with Gasteiger partial charge >= 0.3 is 0 Å². The number of aromatic amines is 2. The first-order chi connectivity index (χ1) is 31.2.